The summed E-state index contributed by atoms with van der Waals surface area (Å²) in [5.74, 6) is 0.225. The van der Waals surface area contributed by atoms with Crippen LogP contribution in [-0.2, 0) is 24.2 Å². The molecule has 0 radical (unpaired) electrons. The van der Waals surface area contributed by atoms with Crippen LogP contribution in [0.15, 0.2) is 0 Å². The maximum atomic E-state index is 12.9. The number of hydrogen-bond donors (Lipinski definition) is 1. The number of esters is 1. The van der Waals surface area contributed by atoms with Crippen LogP contribution in [-0.4, -0.2) is 41.8 Å². The monoisotopic (exact) mass is 513 g/mol. The zero-order chi connectivity index (χ0) is 23.0. The summed E-state index contributed by atoms with van der Waals surface area (Å²) in [7, 11) is -2.85. The molecule has 3 unspecified atom stereocenters. The highest BCUT2D eigenvalue weighted by Gasteiger charge is 2.64. The van der Waals surface area contributed by atoms with Crippen molar-refractivity contribution in [2.75, 3.05) is 7.11 Å². The van der Waals surface area contributed by atoms with Crippen molar-refractivity contribution in [2.24, 2.45) is 34.5 Å². The maximum Gasteiger partial charge on any atom is 0.309 e. The van der Waals surface area contributed by atoms with Gasteiger partial charge in [0.25, 0.3) is 3.12 Å². The van der Waals surface area contributed by atoms with Crippen LogP contribution < -0.4 is 5.32 Å². The lowest BCUT2D eigenvalue weighted by atomic mass is 9.47. The highest BCUT2D eigenvalue weighted by molar-refractivity contribution is 7.98. The molecule has 0 bridgehead atoms. The van der Waals surface area contributed by atoms with E-state index in [0.29, 0.717) is 11.8 Å². The lowest BCUT2D eigenvalue weighted by Gasteiger charge is -2.60. The number of piperidine rings is 1. The Balaban J connectivity index is 1.65. The lowest BCUT2D eigenvalue weighted by Crippen LogP contribution is -2.66. The number of fused-ring (bicyclic) bond motifs is 5. The van der Waals surface area contributed by atoms with E-state index in [1.54, 1.807) is 0 Å². The normalized spacial score (nSPS) is 45.2. The fourth-order valence-corrected chi connectivity index (χ4v) is 9.90. The summed E-state index contributed by atoms with van der Waals surface area (Å²) in [5, 5.41) is 1.58. The molecule has 3 aliphatic carbocycles. The third-order valence-corrected chi connectivity index (χ3v) is 13.0. The van der Waals surface area contributed by atoms with E-state index in [1.165, 1.54) is 7.11 Å². The molecule has 4 fully saturated rings. The number of ether oxygens (including phenoxy) is 1. The van der Waals surface area contributed by atoms with E-state index in [4.69, 9.17) is 39.5 Å². The van der Waals surface area contributed by atoms with Crippen molar-refractivity contribution < 1.29 is 22.7 Å². The van der Waals surface area contributed by atoms with Gasteiger partial charge in [0, 0.05) is 6.04 Å². The van der Waals surface area contributed by atoms with Gasteiger partial charge in [0.05, 0.1) is 13.0 Å². The third kappa shape index (κ3) is 3.43. The Morgan fingerprint density at radius 2 is 1.71 bits per heavy atom. The van der Waals surface area contributed by atoms with Crippen LogP contribution in [0.2, 0.25) is 0 Å². The Labute approximate surface area is 199 Å². The van der Waals surface area contributed by atoms with Crippen molar-refractivity contribution in [2.45, 2.75) is 73.2 Å². The first kappa shape index (κ1) is 23.9. The van der Waals surface area contributed by atoms with Crippen LogP contribution in [0.5, 0.6) is 0 Å². The molecule has 4 rings (SSSR count). The van der Waals surface area contributed by atoms with Crippen molar-refractivity contribution in [3.05, 3.63) is 0 Å². The summed E-state index contributed by atoms with van der Waals surface area (Å²) in [6.45, 7) is 4.31. The minimum Gasteiger partial charge on any atom is -0.469 e. The van der Waals surface area contributed by atoms with Crippen molar-refractivity contribution in [3.63, 3.8) is 0 Å². The number of sulfone groups is 1. The molecule has 6 nitrogen and oxygen atoms in total. The third-order valence-electron chi connectivity index (χ3n) is 9.29. The molecule has 0 spiro atoms. The van der Waals surface area contributed by atoms with E-state index in [1.807, 2.05) is 0 Å². The Morgan fingerprint density at radius 3 is 2.32 bits per heavy atom. The summed E-state index contributed by atoms with van der Waals surface area (Å²) < 4.78 is 28.3. The highest BCUT2D eigenvalue weighted by Crippen LogP contribution is 2.66. The second-order valence-electron chi connectivity index (χ2n) is 10.4. The number of halogens is 3. The van der Waals surface area contributed by atoms with Gasteiger partial charge in [-0.3, -0.25) is 9.59 Å². The van der Waals surface area contributed by atoms with Crippen molar-refractivity contribution in [3.8, 4) is 0 Å². The largest absolute Gasteiger partial charge is 0.469 e. The lowest BCUT2D eigenvalue weighted by molar-refractivity contribution is -0.155. The number of carbonyl (C=O) groups is 2. The second kappa shape index (κ2) is 7.64. The van der Waals surface area contributed by atoms with Crippen molar-refractivity contribution in [1.82, 2.24) is 5.32 Å². The average molecular weight is 515 g/mol. The van der Waals surface area contributed by atoms with Gasteiger partial charge in [0.1, 0.15) is 5.25 Å². The summed E-state index contributed by atoms with van der Waals surface area (Å²) in [4.78, 5) is 25.1. The molecule has 1 N–H and O–H groups in total. The molecule has 31 heavy (non-hydrogen) atoms. The van der Waals surface area contributed by atoms with Gasteiger partial charge >= 0.3 is 5.97 Å². The fourth-order valence-electron chi connectivity index (χ4n) is 7.69. The molecule has 8 atom stereocenters. The predicted molar refractivity (Wildman–Crippen MR) is 119 cm³/mol. The van der Waals surface area contributed by atoms with Gasteiger partial charge in [-0.15, -0.1) is 0 Å². The minimum absolute atomic E-state index is 0.0856. The molecule has 1 saturated heterocycles. The maximum absolute atomic E-state index is 12.9. The smallest absolute Gasteiger partial charge is 0.309 e. The number of methoxy groups -OCH3 is 1. The average Bonchev–Trinajstić information content (AvgIpc) is 3.03. The minimum atomic E-state index is -4.31. The number of nitrogens with one attached hydrogen (secondary N) is 1. The van der Waals surface area contributed by atoms with Gasteiger partial charge in [0.15, 0.2) is 0 Å². The van der Waals surface area contributed by atoms with E-state index in [2.05, 4.69) is 19.2 Å². The van der Waals surface area contributed by atoms with E-state index < -0.39 is 29.5 Å². The van der Waals surface area contributed by atoms with E-state index in [0.717, 1.165) is 38.5 Å². The number of amides is 1. The summed E-state index contributed by atoms with van der Waals surface area (Å²) >= 11 is 17.3. The Bertz CT molecular complexity index is 890. The molecule has 10 heteroatoms. The van der Waals surface area contributed by atoms with Gasteiger partial charge in [-0.05, 0) is 73.5 Å². The zero-order valence-corrected chi connectivity index (χ0v) is 21.1. The molecule has 0 aromatic heterocycles. The number of alkyl halides is 3. The first-order chi connectivity index (χ1) is 14.3. The van der Waals surface area contributed by atoms with Gasteiger partial charge in [-0.1, -0.05) is 48.7 Å². The molecule has 3 saturated carbocycles. The number of rotatable bonds is 2. The van der Waals surface area contributed by atoms with Crippen LogP contribution in [0.25, 0.3) is 0 Å². The van der Waals surface area contributed by atoms with Gasteiger partial charge in [-0.25, -0.2) is 8.42 Å². The van der Waals surface area contributed by atoms with Crippen LogP contribution in [0, 0.1) is 34.5 Å². The highest BCUT2D eigenvalue weighted by atomic mass is 35.6. The molecule has 0 aromatic carbocycles. The summed E-state index contributed by atoms with van der Waals surface area (Å²) in [5.41, 5.74) is -0.506. The molecular weight excluding hydrogens is 485 g/mol. The molecule has 1 aliphatic heterocycles. The Hall–Kier alpha value is -0.240. The predicted octanol–water partition coefficient (Wildman–Crippen LogP) is 4.02. The van der Waals surface area contributed by atoms with Gasteiger partial charge < -0.3 is 10.1 Å². The zero-order valence-electron chi connectivity index (χ0n) is 18.0. The van der Waals surface area contributed by atoms with Crippen LogP contribution in [0.3, 0.4) is 0 Å². The first-order valence-electron chi connectivity index (χ1n) is 11.0. The van der Waals surface area contributed by atoms with E-state index >= 15 is 0 Å². The molecule has 1 heterocycles. The van der Waals surface area contributed by atoms with E-state index in [9.17, 15) is 18.0 Å². The number of hydrogen-bond acceptors (Lipinski definition) is 5. The summed E-state index contributed by atoms with van der Waals surface area (Å²) in [6, 6.07) is -0.0924. The SMILES string of the molecule is COC(=O)C1CC[C@H]2[C@@H]3CCC4NC(=O)C(S(=O)(=O)C(Cl)(Cl)Cl)C[C@]4(C)[C@@H]3CC[C@]12C. The summed E-state index contributed by atoms with van der Waals surface area (Å²) in [6.07, 6.45) is 5.48. The first-order valence-corrected chi connectivity index (χ1v) is 13.6. The molecule has 1 amide bonds. The molecule has 176 valence electrons. The van der Waals surface area contributed by atoms with Crippen LogP contribution in [0.1, 0.15) is 58.8 Å². The Kier molecular flexibility index (Phi) is 5.89. The quantitative estimate of drug-likeness (QED) is 0.444. The second-order valence-corrected chi connectivity index (χ2v) is 15.6. The van der Waals surface area contributed by atoms with Crippen LogP contribution >= 0.6 is 34.8 Å². The van der Waals surface area contributed by atoms with Gasteiger partial charge in [-0.2, -0.15) is 0 Å². The van der Waals surface area contributed by atoms with Crippen molar-refractivity contribution in [1.29, 1.82) is 0 Å². The van der Waals surface area contributed by atoms with Gasteiger partial charge in [0.2, 0.25) is 15.7 Å². The van der Waals surface area contributed by atoms with E-state index in [-0.39, 0.29) is 35.7 Å². The molecule has 4 aliphatic rings. The van der Waals surface area contributed by atoms with Crippen molar-refractivity contribution >= 4 is 56.5 Å². The topological polar surface area (TPSA) is 89.5 Å². The standard InChI is InChI=1S/C21H30Cl3NO5S/c1-19-9-8-13-11(12(19)5-6-14(19)18(27)30-3)4-7-16-20(13,2)10-15(17(26)25-16)31(28,29)21(22,23)24/h11-16H,4-10H2,1-3H3,(H,25,26)/t11-,12-,13+,14?,15?,16?,19-,20+/m0/s1. The fraction of sp³-hybridized carbons (Fsp3) is 0.905. The Morgan fingerprint density at radius 1 is 1.06 bits per heavy atom. The van der Waals surface area contributed by atoms with Crippen LogP contribution in [0.4, 0.5) is 0 Å². The number of carbonyl (C=O) groups excluding carboxylic acids is 2. The molecule has 0 aromatic rings. The molecular formula is C21H30Cl3NO5S.